The number of carbonyl (C=O) groups excluding carboxylic acids is 1. The monoisotopic (exact) mass is 406 g/mol. The third-order valence-electron chi connectivity index (χ3n) is 5.78. The van der Waals surface area contributed by atoms with Crippen molar-refractivity contribution in [2.75, 3.05) is 11.5 Å². The maximum Gasteiger partial charge on any atom is 0.165 e. The first kappa shape index (κ1) is 22.0. The first-order valence-corrected chi connectivity index (χ1v) is 10.9. The van der Waals surface area contributed by atoms with Crippen molar-refractivity contribution in [3.63, 3.8) is 0 Å². The van der Waals surface area contributed by atoms with Crippen LogP contribution < -0.4 is 4.90 Å². The first-order valence-electron chi connectivity index (χ1n) is 9.50. The molecule has 2 atom stereocenters. The van der Waals surface area contributed by atoms with E-state index in [0.717, 1.165) is 23.1 Å². The molecule has 1 aliphatic rings. The van der Waals surface area contributed by atoms with Crippen LogP contribution in [0.25, 0.3) is 0 Å². The van der Waals surface area contributed by atoms with Crippen LogP contribution >= 0.6 is 11.6 Å². The standard InChI is InChI=1S/C21H31ClN2O2Si/c1-8-23-17-10-9-16(22)18(13(2)3)19(17)21(27,12-26)24(15(6)7)20(23,11-25)14(4)5/h1,9-11,13-15,26H,12H2,2-7,27H3. The molecule has 1 heterocycles. The maximum absolute atomic E-state index is 12.6. The number of hydrogen-bond acceptors (Lipinski definition) is 4. The van der Waals surface area contributed by atoms with Gasteiger partial charge in [0.2, 0.25) is 0 Å². The summed E-state index contributed by atoms with van der Waals surface area (Å²) in [7, 11) is 0.609. The number of halogens is 1. The van der Waals surface area contributed by atoms with Crippen molar-refractivity contribution in [2.45, 2.75) is 64.3 Å². The zero-order valence-electron chi connectivity index (χ0n) is 17.4. The summed E-state index contributed by atoms with van der Waals surface area (Å²) in [6, 6.07) is 6.50. The molecule has 6 heteroatoms. The Morgan fingerprint density at radius 1 is 1.30 bits per heavy atom. The molecule has 27 heavy (non-hydrogen) atoms. The molecule has 0 aromatic heterocycles. The van der Waals surface area contributed by atoms with Crippen LogP contribution in [0.3, 0.4) is 0 Å². The second-order valence-corrected chi connectivity index (χ2v) is 10.5. The van der Waals surface area contributed by atoms with Crippen LogP contribution in [0.1, 0.15) is 58.6 Å². The molecule has 0 fully saturated rings. The number of aliphatic hydroxyl groups is 1. The van der Waals surface area contributed by atoms with Gasteiger partial charge in [0.05, 0.1) is 17.5 Å². The lowest BCUT2D eigenvalue weighted by atomic mass is 9.80. The molecule has 1 aliphatic heterocycles. The predicted octanol–water partition coefficient (Wildman–Crippen LogP) is 2.65. The maximum atomic E-state index is 12.6. The van der Waals surface area contributed by atoms with Crippen LogP contribution in [0, 0.1) is 18.4 Å². The van der Waals surface area contributed by atoms with E-state index in [9.17, 15) is 9.90 Å². The zero-order valence-corrected chi connectivity index (χ0v) is 20.1. The van der Waals surface area contributed by atoms with Gasteiger partial charge in [-0.1, -0.05) is 45.7 Å². The highest BCUT2D eigenvalue weighted by atomic mass is 35.5. The van der Waals surface area contributed by atoms with Gasteiger partial charge in [-0.05, 0) is 48.9 Å². The lowest BCUT2D eigenvalue weighted by Crippen LogP contribution is -2.75. The van der Waals surface area contributed by atoms with E-state index in [1.165, 1.54) is 0 Å². The summed E-state index contributed by atoms with van der Waals surface area (Å²) in [6.07, 6.45) is 6.92. The lowest BCUT2D eigenvalue weighted by molar-refractivity contribution is -0.131. The Bertz CT molecular complexity index is 774. The van der Waals surface area contributed by atoms with E-state index < -0.39 is 10.8 Å². The molecule has 0 spiro atoms. The number of nitrogens with zero attached hydrogens (tertiary/aromatic N) is 2. The van der Waals surface area contributed by atoms with Crippen LogP contribution in [-0.4, -0.2) is 44.8 Å². The number of benzene rings is 1. The predicted molar refractivity (Wildman–Crippen MR) is 116 cm³/mol. The van der Waals surface area contributed by atoms with E-state index in [-0.39, 0.29) is 24.5 Å². The minimum absolute atomic E-state index is 0.00903. The molecule has 1 aromatic rings. The Morgan fingerprint density at radius 3 is 2.26 bits per heavy atom. The topological polar surface area (TPSA) is 43.8 Å². The zero-order chi connectivity index (χ0) is 20.7. The summed E-state index contributed by atoms with van der Waals surface area (Å²) >= 11 is 6.60. The summed E-state index contributed by atoms with van der Waals surface area (Å²) in [5.41, 5.74) is 1.71. The fourth-order valence-electron chi connectivity index (χ4n) is 4.81. The van der Waals surface area contributed by atoms with Gasteiger partial charge in [-0.3, -0.25) is 14.6 Å². The van der Waals surface area contributed by atoms with Gasteiger partial charge in [-0.2, -0.15) is 0 Å². The minimum Gasteiger partial charge on any atom is -0.394 e. The second-order valence-electron chi connectivity index (χ2n) is 8.43. The van der Waals surface area contributed by atoms with Crippen molar-refractivity contribution >= 4 is 33.8 Å². The number of anilines is 1. The van der Waals surface area contributed by atoms with Crippen LogP contribution in [0.4, 0.5) is 5.69 Å². The third-order valence-corrected chi connectivity index (χ3v) is 7.41. The number of rotatable bonds is 5. The minimum atomic E-state index is -1.04. The Balaban J connectivity index is 3.09. The normalized spacial score (nSPS) is 25.9. The molecule has 0 saturated carbocycles. The molecule has 2 unspecified atom stereocenters. The number of terminal acetylenes is 1. The lowest BCUT2D eigenvalue weighted by Gasteiger charge is -2.61. The van der Waals surface area contributed by atoms with Gasteiger partial charge < -0.3 is 5.11 Å². The molecule has 2 rings (SSSR count). The summed E-state index contributed by atoms with van der Waals surface area (Å²) in [5, 5.41) is 10.6. The van der Waals surface area contributed by atoms with E-state index in [0.29, 0.717) is 15.3 Å². The van der Waals surface area contributed by atoms with Crippen molar-refractivity contribution in [3.8, 4) is 12.5 Å². The van der Waals surface area contributed by atoms with Crippen LogP contribution in [0.15, 0.2) is 12.1 Å². The Hall–Kier alpha value is -1.32. The summed E-state index contributed by atoms with van der Waals surface area (Å²) in [6.45, 7) is 12.2. The van der Waals surface area contributed by atoms with Gasteiger partial charge in [-0.15, -0.1) is 0 Å². The van der Waals surface area contributed by atoms with Crippen molar-refractivity contribution in [2.24, 2.45) is 5.92 Å². The summed E-state index contributed by atoms with van der Waals surface area (Å²) in [4.78, 5) is 16.5. The van der Waals surface area contributed by atoms with Gasteiger partial charge in [-0.25, -0.2) is 0 Å². The molecule has 0 aliphatic carbocycles. The molecule has 0 bridgehead atoms. The smallest absolute Gasteiger partial charge is 0.165 e. The van der Waals surface area contributed by atoms with Gasteiger partial charge in [0.25, 0.3) is 0 Å². The quantitative estimate of drug-likeness (QED) is 0.463. The molecular formula is C21H31ClN2O2Si. The van der Waals surface area contributed by atoms with E-state index in [1.54, 1.807) is 4.90 Å². The Kier molecular flexibility index (Phi) is 6.18. The highest BCUT2D eigenvalue weighted by molar-refractivity contribution is 6.32. The molecule has 148 valence electrons. The molecule has 0 amide bonds. The van der Waals surface area contributed by atoms with Crippen LogP contribution in [0.5, 0.6) is 0 Å². The van der Waals surface area contributed by atoms with Gasteiger partial charge in [0.1, 0.15) is 0 Å². The molecule has 0 radical (unpaired) electrons. The van der Waals surface area contributed by atoms with Gasteiger partial charge in [0.15, 0.2) is 11.9 Å². The van der Waals surface area contributed by atoms with Crippen molar-refractivity contribution in [1.29, 1.82) is 0 Å². The van der Waals surface area contributed by atoms with Crippen LogP contribution in [-0.2, 0) is 9.96 Å². The fourth-order valence-corrected chi connectivity index (χ4v) is 6.59. The second kappa shape index (κ2) is 7.60. The van der Waals surface area contributed by atoms with E-state index in [4.69, 9.17) is 18.0 Å². The number of aliphatic hydroxyl groups excluding tert-OH is 1. The Morgan fingerprint density at radius 2 is 1.89 bits per heavy atom. The van der Waals surface area contributed by atoms with Crippen LogP contribution in [0.2, 0.25) is 5.02 Å². The molecule has 4 nitrogen and oxygen atoms in total. The number of fused-ring (bicyclic) bond motifs is 1. The number of aldehydes is 1. The van der Waals surface area contributed by atoms with Crippen molar-refractivity contribution in [3.05, 3.63) is 28.3 Å². The molecular weight excluding hydrogens is 376 g/mol. The third kappa shape index (κ3) is 2.94. The van der Waals surface area contributed by atoms with E-state index in [1.807, 2.05) is 39.8 Å². The number of hydrogen-bond donors (Lipinski definition) is 1. The number of carbonyl (C=O) groups is 1. The van der Waals surface area contributed by atoms with Crippen molar-refractivity contribution < 1.29 is 9.90 Å². The average molecular weight is 407 g/mol. The highest BCUT2D eigenvalue weighted by Crippen LogP contribution is 2.52. The average Bonchev–Trinajstić information content (AvgIpc) is 2.60. The summed E-state index contributed by atoms with van der Waals surface area (Å²) in [5.74, 6) is 0.0726. The van der Waals surface area contributed by atoms with Gasteiger partial charge in [0, 0.05) is 27.4 Å². The molecule has 1 aromatic carbocycles. The van der Waals surface area contributed by atoms with Crippen molar-refractivity contribution in [1.82, 2.24) is 4.90 Å². The van der Waals surface area contributed by atoms with Gasteiger partial charge >= 0.3 is 0 Å². The summed E-state index contributed by atoms with van der Waals surface area (Å²) < 4.78 is 0. The fraction of sp³-hybridized carbons (Fsp3) is 0.571. The van der Waals surface area contributed by atoms with E-state index in [2.05, 4.69) is 24.8 Å². The van der Waals surface area contributed by atoms with E-state index >= 15 is 0 Å². The molecule has 0 saturated heterocycles. The highest BCUT2D eigenvalue weighted by Gasteiger charge is 2.58. The Labute approximate surface area is 171 Å². The SMILES string of the molecule is C#CN1c2ccc(Cl)c(C(C)C)c2C([SiH3])(CO)N(C(C)C)C1(C=O)C(C)C. The first-order chi connectivity index (χ1) is 12.5. The molecule has 1 N–H and O–H groups in total. The largest absolute Gasteiger partial charge is 0.394 e.